The third-order valence-electron chi connectivity index (χ3n) is 4.01. The maximum absolute atomic E-state index is 11.7. The van der Waals surface area contributed by atoms with Crippen molar-refractivity contribution in [3.63, 3.8) is 0 Å². The summed E-state index contributed by atoms with van der Waals surface area (Å²) in [6.07, 6.45) is 6.83. The van der Waals surface area contributed by atoms with E-state index in [1.807, 2.05) is 5.38 Å². The number of carbonyl (C=O) groups is 1. The van der Waals surface area contributed by atoms with Crippen LogP contribution < -0.4 is 5.32 Å². The van der Waals surface area contributed by atoms with E-state index in [2.05, 4.69) is 17.2 Å². The van der Waals surface area contributed by atoms with Crippen molar-refractivity contribution in [1.82, 2.24) is 4.98 Å². The molecule has 1 aromatic rings. The minimum atomic E-state index is -0.658. The zero-order valence-electron chi connectivity index (χ0n) is 11.4. The van der Waals surface area contributed by atoms with Gasteiger partial charge < -0.3 is 10.4 Å². The minimum absolute atomic E-state index is 0.499. The molecule has 1 aliphatic rings. The molecule has 0 atom stereocenters. The number of carboxylic acid groups (broad SMARTS) is 1. The van der Waals surface area contributed by atoms with Gasteiger partial charge in [0.1, 0.15) is 0 Å². The van der Waals surface area contributed by atoms with Crippen molar-refractivity contribution in [3.8, 4) is 0 Å². The first-order valence-corrected chi connectivity index (χ1v) is 7.96. The van der Waals surface area contributed by atoms with Crippen molar-refractivity contribution in [2.24, 2.45) is 5.41 Å². The molecular weight excluding hydrogens is 260 g/mol. The zero-order valence-corrected chi connectivity index (χ0v) is 12.3. The van der Waals surface area contributed by atoms with Crippen LogP contribution in [0.15, 0.2) is 5.38 Å². The van der Waals surface area contributed by atoms with Crippen LogP contribution in [0.4, 0.5) is 5.13 Å². The molecule has 0 spiro atoms. The Morgan fingerprint density at radius 2 is 2.11 bits per heavy atom. The van der Waals surface area contributed by atoms with Crippen LogP contribution >= 0.6 is 11.3 Å². The Kier molecular flexibility index (Phi) is 4.80. The Morgan fingerprint density at radius 1 is 1.42 bits per heavy atom. The lowest BCUT2D eigenvalue weighted by atomic mass is 9.80. The smallest absolute Gasteiger partial charge is 0.311 e. The fourth-order valence-electron chi connectivity index (χ4n) is 2.67. The molecule has 5 heteroatoms. The Labute approximate surface area is 118 Å². The summed E-state index contributed by atoms with van der Waals surface area (Å²) in [5.41, 5.74) is 0.465. The first-order valence-electron chi connectivity index (χ1n) is 7.08. The van der Waals surface area contributed by atoms with Crippen molar-refractivity contribution in [3.05, 3.63) is 11.1 Å². The van der Waals surface area contributed by atoms with E-state index >= 15 is 0 Å². The van der Waals surface area contributed by atoms with E-state index in [1.165, 1.54) is 0 Å². The summed E-state index contributed by atoms with van der Waals surface area (Å²) in [6.45, 7) is 2.57. The molecule has 1 saturated carbocycles. The number of nitrogens with zero attached hydrogens (tertiary/aromatic N) is 1. The van der Waals surface area contributed by atoms with Crippen molar-refractivity contribution >= 4 is 22.4 Å². The number of aromatic nitrogens is 1. The van der Waals surface area contributed by atoms with Gasteiger partial charge in [-0.25, -0.2) is 4.98 Å². The molecule has 1 aliphatic carbocycles. The summed E-state index contributed by atoms with van der Waals surface area (Å²) in [5, 5.41) is 15.7. The molecular formula is C14H22N2O2S. The number of aliphatic carboxylic acids is 1. The summed E-state index contributed by atoms with van der Waals surface area (Å²) in [5.74, 6) is -0.658. The van der Waals surface area contributed by atoms with Crippen LogP contribution in [0.3, 0.4) is 0 Å². The van der Waals surface area contributed by atoms with Gasteiger partial charge in [0, 0.05) is 11.9 Å². The fraction of sp³-hybridized carbons (Fsp3) is 0.714. The van der Waals surface area contributed by atoms with E-state index in [4.69, 9.17) is 0 Å². The molecule has 2 rings (SSSR count). The number of aryl methyl sites for hydroxylation is 1. The van der Waals surface area contributed by atoms with E-state index in [0.717, 1.165) is 55.8 Å². The summed E-state index contributed by atoms with van der Waals surface area (Å²) in [6, 6.07) is 0. The second-order valence-corrected chi connectivity index (χ2v) is 6.21. The van der Waals surface area contributed by atoms with Gasteiger partial charge in [-0.2, -0.15) is 0 Å². The molecule has 0 aliphatic heterocycles. The van der Waals surface area contributed by atoms with Crippen LogP contribution in [-0.4, -0.2) is 22.6 Å². The van der Waals surface area contributed by atoms with Crippen LogP contribution in [0, 0.1) is 5.41 Å². The summed E-state index contributed by atoms with van der Waals surface area (Å²) in [7, 11) is 0. The van der Waals surface area contributed by atoms with Crippen molar-refractivity contribution < 1.29 is 9.90 Å². The third kappa shape index (κ3) is 3.47. The summed E-state index contributed by atoms with van der Waals surface area (Å²) < 4.78 is 0. The van der Waals surface area contributed by atoms with Gasteiger partial charge in [-0.15, -0.1) is 11.3 Å². The monoisotopic (exact) mass is 282 g/mol. The largest absolute Gasteiger partial charge is 0.481 e. The maximum Gasteiger partial charge on any atom is 0.311 e. The standard InChI is InChI=1S/C14H22N2O2S/c1-2-11-9-19-13(16-11)15-10-14(12(17)18)7-5-3-4-6-8-14/h9H,2-8,10H2,1H3,(H,15,16)(H,17,18). The average molecular weight is 282 g/mol. The lowest BCUT2D eigenvalue weighted by Gasteiger charge is -2.28. The van der Waals surface area contributed by atoms with E-state index in [9.17, 15) is 9.90 Å². The second kappa shape index (κ2) is 6.37. The molecule has 0 amide bonds. The van der Waals surface area contributed by atoms with Crippen molar-refractivity contribution in [2.75, 3.05) is 11.9 Å². The van der Waals surface area contributed by atoms with Crippen LogP contribution in [0.2, 0.25) is 0 Å². The molecule has 1 fully saturated rings. The molecule has 0 saturated heterocycles. The lowest BCUT2D eigenvalue weighted by Crippen LogP contribution is -2.37. The number of nitrogens with one attached hydrogen (secondary N) is 1. The first kappa shape index (κ1) is 14.3. The van der Waals surface area contributed by atoms with Crippen molar-refractivity contribution in [1.29, 1.82) is 0 Å². The number of hydrogen-bond donors (Lipinski definition) is 2. The van der Waals surface area contributed by atoms with E-state index in [0.29, 0.717) is 6.54 Å². The zero-order chi connectivity index (χ0) is 13.7. The van der Waals surface area contributed by atoms with Gasteiger partial charge >= 0.3 is 5.97 Å². The van der Waals surface area contributed by atoms with Crippen LogP contribution in [0.1, 0.15) is 51.1 Å². The third-order valence-corrected chi connectivity index (χ3v) is 4.86. The fourth-order valence-corrected chi connectivity index (χ4v) is 3.46. The molecule has 4 nitrogen and oxygen atoms in total. The van der Waals surface area contributed by atoms with Crippen molar-refractivity contribution in [2.45, 2.75) is 51.9 Å². The maximum atomic E-state index is 11.7. The minimum Gasteiger partial charge on any atom is -0.481 e. The average Bonchev–Trinajstić information content (AvgIpc) is 2.73. The van der Waals surface area contributed by atoms with Crippen LogP contribution in [0.25, 0.3) is 0 Å². The number of anilines is 1. The van der Waals surface area contributed by atoms with E-state index < -0.39 is 11.4 Å². The highest BCUT2D eigenvalue weighted by molar-refractivity contribution is 7.13. The number of rotatable bonds is 5. The normalized spacial score (nSPS) is 18.8. The Bertz CT molecular complexity index is 423. The molecule has 0 aromatic carbocycles. The predicted octanol–water partition coefficient (Wildman–Crippen LogP) is 3.54. The van der Waals surface area contributed by atoms with E-state index in [-0.39, 0.29) is 0 Å². The summed E-state index contributed by atoms with van der Waals surface area (Å²) in [4.78, 5) is 16.1. The first-order chi connectivity index (χ1) is 9.16. The van der Waals surface area contributed by atoms with Gasteiger partial charge in [-0.1, -0.05) is 32.6 Å². The lowest BCUT2D eigenvalue weighted by molar-refractivity contribution is -0.149. The molecule has 19 heavy (non-hydrogen) atoms. The Morgan fingerprint density at radius 3 is 2.63 bits per heavy atom. The van der Waals surface area contributed by atoms with Gasteiger partial charge in [0.25, 0.3) is 0 Å². The number of carboxylic acids is 1. The highest BCUT2D eigenvalue weighted by Crippen LogP contribution is 2.35. The molecule has 1 heterocycles. The molecule has 0 bridgehead atoms. The Balaban J connectivity index is 2.01. The molecule has 0 radical (unpaired) electrons. The van der Waals surface area contributed by atoms with Gasteiger partial charge in [0.15, 0.2) is 5.13 Å². The SMILES string of the molecule is CCc1csc(NCC2(C(=O)O)CCCCCC2)n1. The number of thiazole rings is 1. The quantitative estimate of drug-likeness (QED) is 0.811. The van der Waals surface area contributed by atoms with Gasteiger partial charge in [0.2, 0.25) is 0 Å². The van der Waals surface area contributed by atoms with Gasteiger partial charge in [0.05, 0.1) is 11.1 Å². The highest BCUT2D eigenvalue weighted by Gasteiger charge is 2.38. The molecule has 106 valence electrons. The van der Waals surface area contributed by atoms with Gasteiger partial charge in [-0.05, 0) is 19.3 Å². The molecule has 1 aromatic heterocycles. The highest BCUT2D eigenvalue weighted by atomic mass is 32.1. The molecule has 2 N–H and O–H groups in total. The summed E-state index contributed by atoms with van der Waals surface area (Å²) >= 11 is 1.56. The number of hydrogen-bond acceptors (Lipinski definition) is 4. The van der Waals surface area contributed by atoms with Crippen LogP contribution in [-0.2, 0) is 11.2 Å². The topological polar surface area (TPSA) is 62.2 Å². The Hall–Kier alpha value is -1.10. The van der Waals surface area contributed by atoms with E-state index in [1.54, 1.807) is 11.3 Å². The molecule has 0 unspecified atom stereocenters. The van der Waals surface area contributed by atoms with Gasteiger partial charge in [-0.3, -0.25) is 4.79 Å². The van der Waals surface area contributed by atoms with Crippen LogP contribution in [0.5, 0.6) is 0 Å². The predicted molar refractivity (Wildman–Crippen MR) is 77.8 cm³/mol. The second-order valence-electron chi connectivity index (χ2n) is 5.35.